The Morgan fingerprint density at radius 3 is 2.07 bits per heavy atom. The number of likely N-dealkylation sites (tertiary alicyclic amines) is 1. The van der Waals surface area contributed by atoms with Crippen LogP contribution >= 0.6 is 0 Å². The van der Waals surface area contributed by atoms with Crippen molar-refractivity contribution in [1.29, 1.82) is 0 Å². The summed E-state index contributed by atoms with van der Waals surface area (Å²) in [7, 11) is 0. The first kappa shape index (κ1) is 20.6. The SMILES string of the molecule is CCOc1cc(CN2CCC(CN)CC2)cc(OCC)c1-c1ccc(F)cc1. The lowest BCUT2D eigenvalue weighted by atomic mass is 9.96. The van der Waals surface area contributed by atoms with E-state index in [0.717, 1.165) is 61.6 Å². The highest BCUT2D eigenvalue weighted by molar-refractivity contribution is 5.77. The first-order valence-electron chi connectivity index (χ1n) is 10.3. The molecule has 0 radical (unpaired) electrons. The van der Waals surface area contributed by atoms with Crippen LogP contribution in [0.1, 0.15) is 32.3 Å². The van der Waals surface area contributed by atoms with Crippen molar-refractivity contribution in [3.63, 3.8) is 0 Å². The van der Waals surface area contributed by atoms with E-state index in [1.165, 1.54) is 17.7 Å². The summed E-state index contributed by atoms with van der Waals surface area (Å²) < 4.78 is 25.3. The van der Waals surface area contributed by atoms with Crippen molar-refractivity contribution in [3.05, 3.63) is 47.8 Å². The van der Waals surface area contributed by atoms with E-state index in [0.29, 0.717) is 19.1 Å². The molecular formula is C23H31FN2O2. The van der Waals surface area contributed by atoms with Crippen LogP contribution in [0.2, 0.25) is 0 Å². The molecular weight excluding hydrogens is 355 g/mol. The third-order valence-corrected chi connectivity index (χ3v) is 5.31. The highest BCUT2D eigenvalue weighted by atomic mass is 19.1. The van der Waals surface area contributed by atoms with Gasteiger partial charge in [-0.25, -0.2) is 4.39 Å². The third kappa shape index (κ3) is 5.03. The van der Waals surface area contributed by atoms with Crippen LogP contribution in [0.15, 0.2) is 36.4 Å². The molecule has 0 unspecified atom stereocenters. The molecule has 152 valence electrons. The summed E-state index contributed by atoms with van der Waals surface area (Å²) in [6, 6.07) is 10.7. The Morgan fingerprint density at radius 2 is 1.57 bits per heavy atom. The lowest BCUT2D eigenvalue weighted by molar-refractivity contribution is 0.180. The van der Waals surface area contributed by atoms with Gasteiger partial charge in [-0.05, 0) is 87.6 Å². The Labute approximate surface area is 167 Å². The molecule has 1 heterocycles. The van der Waals surface area contributed by atoms with Crippen molar-refractivity contribution >= 4 is 0 Å². The van der Waals surface area contributed by atoms with Gasteiger partial charge < -0.3 is 15.2 Å². The molecule has 4 nitrogen and oxygen atoms in total. The standard InChI is InChI=1S/C23H31FN2O2/c1-3-27-21-13-18(16-26-11-9-17(15-25)10-12-26)14-22(28-4-2)23(21)19-5-7-20(24)8-6-19/h5-8,13-14,17H,3-4,9-12,15-16,25H2,1-2H3. The molecule has 3 rings (SSSR count). The number of nitrogens with zero attached hydrogens (tertiary/aromatic N) is 1. The second-order valence-corrected chi connectivity index (χ2v) is 7.30. The van der Waals surface area contributed by atoms with Crippen molar-refractivity contribution in [2.45, 2.75) is 33.2 Å². The molecule has 0 atom stereocenters. The van der Waals surface area contributed by atoms with Gasteiger partial charge in [0.15, 0.2) is 0 Å². The first-order valence-corrected chi connectivity index (χ1v) is 10.3. The van der Waals surface area contributed by atoms with Gasteiger partial charge in [0.25, 0.3) is 0 Å². The molecule has 1 aliphatic rings. The fourth-order valence-electron chi connectivity index (χ4n) is 3.81. The number of benzene rings is 2. The molecule has 2 aromatic rings. The number of rotatable bonds is 8. The molecule has 28 heavy (non-hydrogen) atoms. The molecule has 0 saturated carbocycles. The predicted molar refractivity (Wildman–Crippen MR) is 111 cm³/mol. The van der Waals surface area contributed by atoms with Crippen LogP contribution in [0.4, 0.5) is 4.39 Å². The number of hydrogen-bond donors (Lipinski definition) is 1. The van der Waals surface area contributed by atoms with Crippen molar-refractivity contribution in [1.82, 2.24) is 4.90 Å². The summed E-state index contributed by atoms with van der Waals surface area (Å²) in [5.74, 6) is 1.96. The van der Waals surface area contributed by atoms with Gasteiger partial charge in [-0.1, -0.05) is 12.1 Å². The Kier molecular flexibility index (Phi) is 7.29. The largest absolute Gasteiger partial charge is 0.493 e. The van der Waals surface area contributed by atoms with E-state index in [-0.39, 0.29) is 5.82 Å². The number of hydrogen-bond acceptors (Lipinski definition) is 4. The van der Waals surface area contributed by atoms with Crippen LogP contribution in [-0.2, 0) is 6.54 Å². The average Bonchev–Trinajstić information content (AvgIpc) is 2.70. The minimum absolute atomic E-state index is 0.253. The fraction of sp³-hybridized carbons (Fsp3) is 0.478. The molecule has 2 N–H and O–H groups in total. The number of ether oxygens (including phenoxy) is 2. The zero-order chi connectivity index (χ0) is 19.9. The minimum atomic E-state index is -0.253. The zero-order valence-electron chi connectivity index (χ0n) is 16.9. The van der Waals surface area contributed by atoms with Crippen molar-refractivity contribution in [2.24, 2.45) is 11.7 Å². The molecule has 0 aliphatic carbocycles. The van der Waals surface area contributed by atoms with E-state index in [2.05, 4.69) is 17.0 Å². The first-order chi connectivity index (χ1) is 13.6. The summed E-state index contributed by atoms with van der Waals surface area (Å²) in [6.07, 6.45) is 2.31. The topological polar surface area (TPSA) is 47.7 Å². The maximum Gasteiger partial charge on any atom is 0.131 e. The number of piperidine rings is 1. The van der Waals surface area contributed by atoms with Gasteiger partial charge in [-0.15, -0.1) is 0 Å². The normalized spacial score (nSPS) is 15.6. The minimum Gasteiger partial charge on any atom is -0.493 e. The van der Waals surface area contributed by atoms with Gasteiger partial charge in [0, 0.05) is 6.54 Å². The van der Waals surface area contributed by atoms with Crippen LogP contribution in [-0.4, -0.2) is 37.7 Å². The predicted octanol–water partition coefficient (Wildman–Crippen LogP) is 4.46. The highest BCUT2D eigenvalue weighted by Gasteiger charge is 2.20. The lowest BCUT2D eigenvalue weighted by Gasteiger charge is -2.31. The molecule has 0 aromatic heterocycles. The monoisotopic (exact) mass is 386 g/mol. The van der Waals surface area contributed by atoms with Crippen LogP contribution in [0.25, 0.3) is 11.1 Å². The van der Waals surface area contributed by atoms with E-state index in [9.17, 15) is 4.39 Å². The molecule has 5 heteroatoms. The van der Waals surface area contributed by atoms with Crippen molar-refractivity contribution in [2.75, 3.05) is 32.8 Å². The molecule has 0 spiro atoms. The van der Waals surface area contributed by atoms with Gasteiger partial charge in [0.05, 0.1) is 18.8 Å². The van der Waals surface area contributed by atoms with Crippen LogP contribution in [0.5, 0.6) is 11.5 Å². The van der Waals surface area contributed by atoms with Crippen LogP contribution in [0, 0.1) is 11.7 Å². The van der Waals surface area contributed by atoms with Gasteiger partial charge in [0.1, 0.15) is 17.3 Å². The van der Waals surface area contributed by atoms with E-state index in [1.807, 2.05) is 13.8 Å². The van der Waals surface area contributed by atoms with Gasteiger partial charge in [-0.3, -0.25) is 4.90 Å². The molecule has 0 amide bonds. The quantitative estimate of drug-likeness (QED) is 0.728. The second kappa shape index (κ2) is 9.89. The van der Waals surface area contributed by atoms with E-state index >= 15 is 0 Å². The Bertz CT molecular complexity index is 729. The number of nitrogens with two attached hydrogens (primary N) is 1. The van der Waals surface area contributed by atoms with Crippen molar-refractivity contribution < 1.29 is 13.9 Å². The van der Waals surface area contributed by atoms with Crippen LogP contribution < -0.4 is 15.2 Å². The van der Waals surface area contributed by atoms with Gasteiger partial charge in [0.2, 0.25) is 0 Å². The van der Waals surface area contributed by atoms with Gasteiger partial charge >= 0.3 is 0 Å². The van der Waals surface area contributed by atoms with E-state index < -0.39 is 0 Å². The van der Waals surface area contributed by atoms with E-state index in [4.69, 9.17) is 15.2 Å². The van der Waals surface area contributed by atoms with E-state index in [1.54, 1.807) is 12.1 Å². The summed E-state index contributed by atoms with van der Waals surface area (Å²) in [4.78, 5) is 2.46. The van der Waals surface area contributed by atoms with Gasteiger partial charge in [-0.2, -0.15) is 0 Å². The summed E-state index contributed by atoms with van der Waals surface area (Å²) in [5.41, 5.74) is 8.76. The Balaban J connectivity index is 1.91. The molecule has 1 saturated heterocycles. The fourth-order valence-corrected chi connectivity index (χ4v) is 3.81. The average molecular weight is 387 g/mol. The maximum absolute atomic E-state index is 13.4. The zero-order valence-corrected chi connectivity index (χ0v) is 16.9. The smallest absolute Gasteiger partial charge is 0.131 e. The summed E-state index contributed by atoms with van der Waals surface area (Å²) in [5, 5.41) is 0. The van der Waals surface area contributed by atoms with Crippen LogP contribution in [0.3, 0.4) is 0 Å². The number of halogens is 1. The Morgan fingerprint density at radius 1 is 1.00 bits per heavy atom. The molecule has 1 fully saturated rings. The second-order valence-electron chi connectivity index (χ2n) is 7.30. The maximum atomic E-state index is 13.4. The van der Waals surface area contributed by atoms with Crippen molar-refractivity contribution in [3.8, 4) is 22.6 Å². The molecule has 0 bridgehead atoms. The lowest BCUT2D eigenvalue weighted by Crippen LogP contribution is -2.35. The summed E-state index contributed by atoms with van der Waals surface area (Å²) in [6.45, 7) is 8.84. The molecule has 1 aliphatic heterocycles. The third-order valence-electron chi connectivity index (χ3n) is 5.31. The summed E-state index contributed by atoms with van der Waals surface area (Å²) >= 11 is 0. The Hall–Kier alpha value is -2.11. The highest BCUT2D eigenvalue weighted by Crippen LogP contribution is 2.40. The molecule has 2 aromatic carbocycles.